The summed E-state index contributed by atoms with van der Waals surface area (Å²) in [4.78, 5) is 21.2. The molecule has 0 atom stereocenters. The van der Waals surface area contributed by atoms with E-state index in [-0.39, 0.29) is 5.91 Å². The number of hydrogen-bond donors (Lipinski definition) is 1. The second kappa shape index (κ2) is 5.63. The highest BCUT2D eigenvalue weighted by Gasteiger charge is 2.16. The second-order valence-corrected chi connectivity index (χ2v) is 4.95. The van der Waals surface area contributed by atoms with Crippen molar-refractivity contribution >= 4 is 22.9 Å². The van der Waals surface area contributed by atoms with Crippen molar-refractivity contribution < 1.29 is 4.79 Å². The molecule has 3 rings (SSSR count). The van der Waals surface area contributed by atoms with Crippen LogP contribution in [0, 0.1) is 0 Å². The van der Waals surface area contributed by atoms with E-state index in [1.807, 2.05) is 30.3 Å². The summed E-state index contributed by atoms with van der Waals surface area (Å²) < 4.78 is 0. The van der Waals surface area contributed by atoms with Crippen molar-refractivity contribution in [3.05, 3.63) is 65.2 Å². The van der Waals surface area contributed by atoms with Crippen molar-refractivity contribution in [3.8, 4) is 11.3 Å². The number of benzene rings is 1. The Bertz CT molecular complexity index is 710. The van der Waals surface area contributed by atoms with Gasteiger partial charge in [-0.15, -0.1) is 11.3 Å². The summed E-state index contributed by atoms with van der Waals surface area (Å²) in [5, 5.41) is 2.82. The number of carbonyl (C=O) groups is 1. The van der Waals surface area contributed by atoms with Gasteiger partial charge in [0.25, 0.3) is 5.91 Å². The number of hydrogen-bond acceptors (Lipinski definition) is 4. The molecule has 0 bridgehead atoms. The number of nitrogens with zero attached hydrogens (tertiary/aromatic N) is 2. The molecular weight excluding hydrogens is 270 g/mol. The third-order valence-corrected chi connectivity index (χ3v) is 3.57. The molecule has 1 aromatic carbocycles. The second-order valence-electron chi connectivity index (χ2n) is 4.09. The monoisotopic (exact) mass is 281 g/mol. The van der Waals surface area contributed by atoms with Gasteiger partial charge in [0.05, 0.1) is 23.1 Å². The van der Waals surface area contributed by atoms with Crippen LogP contribution in [0.1, 0.15) is 9.67 Å². The molecule has 0 aliphatic heterocycles. The van der Waals surface area contributed by atoms with E-state index in [0.717, 1.165) is 5.56 Å². The lowest BCUT2D eigenvalue weighted by Crippen LogP contribution is -2.11. The number of aromatic nitrogens is 2. The molecule has 1 N–H and O–H groups in total. The maximum atomic E-state index is 12.3. The minimum atomic E-state index is -0.167. The fourth-order valence-electron chi connectivity index (χ4n) is 1.83. The van der Waals surface area contributed by atoms with Crippen molar-refractivity contribution in [2.75, 3.05) is 5.32 Å². The Morgan fingerprint density at radius 3 is 2.70 bits per heavy atom. The summed E-state index contributed by atoms with van der Waals surface area (Å²) in [5.41, 5.74) is 3.99. The summed E-state index contributed by atoms with van der Waals surface area (Å²) in [6.45, 7) is 0. The number of anilines is 1. The predicted molar refractivity (Wildman–Crippen MR) is 79.7 cm³/mol. The topological polar surface area (TPSA) is 54.9 Å². The van der Waals surface area contributed by atoms with Gasteiger partial charge in [-0.3, -0.25) is 9.78 Å². The van der Waals surface area contributed by atoms with Crippen LogP contribution in [0.4, 0.5) is 5.69 Å². The smallest absolute Gasteiger partial charge is 0.268 e. The number of carbonyl (C=O) groups excluding carboxylic acids is 1. The maximum absolute atomic E-state index is 12.3. The standard InChI is InChI=1S/C15H11N3OS/c19-15(18-12-7-4-8-16-9-12)14-13(17-10-20-14)11-5-2-1-3-6-11/h1-10H,(H,18,19). The molecule has 0 aliphatic rings. The Hall–Kier alpha value is -2.53. The van der Waals surface area contributed by atoms with Crippen molar-refractivity contribution in [2.45, 2.75) is 0 Å². The van der Waals surface area contributed by atoms with E-state index in [0.29, 0.717) is 16.3 Å². The van der Waals surface area contributed by atoms with Gasteiger partial charge in [-0.05, 0) is 12.1 Å². The van der Waals surface area contributed by atoms with E-state index >= 15 is 0 Å². The molecule has 0 fully saturated rings. The minimum absolute atomic E-state index is 0.167. The highest BCUT2D eigenvalue weighted by atomic mass is 32.1. The van der Waals surface area contributed by atoms with Gasteiger partial charge in [-0.2, -0.15) is 0 Å². The normalized spacial score (nSPS) is 10.2. The predicted octanol–water partition coefficient (Wildman–Crippen LogP) is 3.46. The Kier molecular flexibility index (Phi) is 3.52. The van der Waals surface area contributed by atoms with Crippen molar-refractivity contribution in [2.24, 2.45) is 0 Å². The first-order valence-corrected chi connectivity index (χ1v) is 6.93. The van der Waals surface area contributed by atoms with Crippen LogP contribution in [-0.4, -0.2) is 15.9 Å². The SMILES string of the molecule is O=C(Nc1cccnc1)c1scnc1-c1ccccc1. The summed E-state index contributed by atoms with van der Waals surface area (Å²) >= 11 is 1.33. The quantitative estimate of drug-likeness (QED) is 0.800. The third kappa shape index (κ3) is 2.57. The van der Waals surface area contributed by atoms with Gasteiger partial charge in [0, 0.05) is 11.8 Å². The Balaban J connectivity index is 1.88. The zero-order chi connectivity index (χ0) is 13.8. The highest BCUT2D eigenvalue weighted by molar-refractivity contribution is 7.12. The van der Waals surface area contributed by atoms with Crippen LogP contribution in [0.15, 0.2) is 60.4 Å². The van der Waals surface area contributed by atoms with E-state index in [1.165, 1.54) is 11.3 Å². The maximum Gasteiger partial charge on any atom is 0.268 e. The van der Waals surface area contributed by atoms with Gasteiger partial charge in [0.15, 0.2) is 0 Å². The van der Waals surface area contributed by atoms with Crippen LogP contribution >= 0.6 is 11.3 Å². The lowest BCUT2D eigenvalue weighted by atomic mass is 10.1. The van der Waals surface area contributed by atoms with Crippen molar-refractivity contribution in [3.63, 3.8) is 0 Å². The summed E-state index contributed by atoms with van der Waals surface area (Å²) in [6.07, 6.45) is 3.28. The molecule has 20 heavy (non-hydrogen) atoms. The molecule has 5 heteroatoms. The Labute approximate surface area is 120 Å². The van der Waals surface area contributed by atoms with E-state index in [4.69, 9.17) is 0 Å². The molecule has 0 saturated heterocycles. The molecule has 1 amide bonds. The molecule has 0 aliphatic carbocycles. The van der Waals surface area contributed by atoms with Gasteiger partial charge in [0.1, 0.15) is 4.88 Å². The fourth-order valence-corrected chi connectivity index (χ4v) is 2.54. The zero-order valence-corrected chi connectivity index (χ0v) is 11.3. The molecule has 0 spiro atoms. The number of amides is 1. The molecule has 98 valence electrons. The van der Waals surface area contributed by atoms with Crippen LogP contribution in [0.5, 0.6) is 0 Å². The highest BCUT2D eigenvalue weighted by Crippen LogP contribution is 2.25. The molecule has 2 heterocycles. The molecular formula is C15H11N3OS. The largest absolute Gasteiger partial charge is 0.320 e. The average Bonchev–Trinajstić information content (AvgIpc) is 2.99. The van der Waals surface area contributed by atoms with Crippen LogP contribution < -0.4 is 5.32 Å². The van der Waals surface area contributed by atoms with Crippen LogP contribution in [0.2, 0.25) is 0 Å². The van der Waals surface area contributed by atoms with Gasteiger partial charge in [0.2, 0.25) is 0 Å². The number of nitrogens with one attached hydrogen (secondary N) is 1. The van der Waals surface area contributed by atoms with Crippen LogP contribution in [0.3, 0.4) is 0 Å². The van der Waals surface area contributed by atoms with Gasteiger partial charge in [-0.25, -0.2) is 4.98 Å². The first-order valence-electron chi connectivity index (χ1n) is 6.05. The van der Waals surface area contributed by atoms with Crippen LogP contribution in [-0.2, 0) is 0 Å². The molecule has 4 nitrogen and oxygen atoms in total. The number of rotatable bonds is 3. The molecule has 2 aromatic heterocycles. The van der Waals surface area contributed by atoms with E-state index in [9.17, 15) is 4.79 Å². The van der Waals surface area contributed by atoms with E-state index in [2.05, 4.69) is 15.3 Å². The van der Waals surface area contributed by atoms with Gasteiger partial charge in [-0.1, -0.05) is 30.3 Å². The van der Waals surface area contributed by atoms with Crippen LogP contribution in [0.25, 0.3) is 11.3 Å². The molecule has 0 saturated carbocycles. The molecule has 0 unspecified atom stereocenters. The number of pyridine rings is 1. The van der Waals surface area contributed by atoms with Gasteiger partial charge >= 0.3 is 0 Å². The summed E-state index contributed by atoms with van der Waals surface area (Å²) in [6, 6.07) is 13.3. The Morgan fingerprint density at radius 2 is 1.95 bits per heavy atom. The first kappa shape index (κ1) is 12.5. The average molecular weight is 281 g/mol. The zero-order valence-electron chi connectivity index (χ0n) is 10.5. The van der Waals surface area contributed by atoms with Crippen molar-refractivity contribution in [1.29, 1.82) is 0 Å². The lowest BCUT2D eigenvalue weighted by Gasteiger charge is -2.04. The summed E-state index contributed by atoms with van der Waals surface area (Å²) in [7, 11) is 0. The molecule has 0 radical (unpaired) electrons. The summed E-state index contributed by atoms with van der Waals surface area (Å²) in [5.74, 6) is -0.167. The van der Waals surface area contributed by atoms with E-state index in [1.54, 1.807) is 30.0 Å². The fraction of sp³-hybridized carbons (Fsp3) is 0. The molecule has 3 aromatic rings. The van der Waals surface area contributed by atoms with Gasteiger partial charge < -0.3 is 5.32 Å². The Morgan fingerprint density at radius 1 is 1.10 bits per heavy atom. The van der Waals surface area contributed by atoms with Crippen molar-refractivity contribution in [1.82, 2.24) is 9.97 Å². The lowest BCUT2D eigenvalue weighted by molar-refractivity contribution is 0.103. The number of thiazole rings is 1. The first-order chi connectivity index (χ1) is 9.84. The minimum Gasteiger partial charge on any atom is -0.320 e. The third-order valence-electron chi connectivity index (χ3n) is 2.74. The van der Waals surface area contributed by atoms with E-state index < -0.39 is 0 Å².